The van der Waals surface area contributed by atoms with Crippen molar-refractivity contribution in [2.75, 3.05) is 0 Å². The number of halogens is 3. The van der Waals surface area contributed by atoms with Gasteiger partial charge >= 0.3 is 11.9 Å². The summed E-state index contributed by atoms with van der Waals surface area (Å²) in [5, 5.41) is 0.629. The van der Waals surface area contributed by atoms with Gasteiger partial charge in [-0.25, -0.2) is 4.79 Å². The Morgan fingerprint density at radius 3 is 2.50 bits per heavy atom. The zero-order valence-corrected chi connectivity index (χ0v) is 11.6. The maximum atomic E-state index is 12.9. The van der Waals surface area contributed by atoms with E-state index in [1.54, 1.807) is 31.3 Å². The van der Waals surface area contributed by atoms with Crippen LogP contribution in [0.15, 0.2) is 53.3 Å². The van der Waals surface area contributed by atoms with Gasteiger partial charge < -0.3 is 0 Å². The SMILES string of the molecule is Cn1c(=O)nc(-c2cccc(C(F)(F)F)c2)c2ccccc21. The number of rotatable bonds is 1. The van der Waals surface area contributed by atoms with Gasteiger partial charge in [-0.05, 0) is 18.2 Å². The molecule has 0 spiro atoms. The summed E-state index contributed by atoms with van der Waals surface area (Å²) < 4.78 is 39.9. The summed E-state index contributed by atoms with van der Waals surface area (Å²) in [7, 11) is 1.58. The van der Waals surface area contributed by atoms with E-state index in [-0.39, 0.29) is 11.3 Å². The van der Waals surface area contributed by atoms with Crippen molar-refractivity contribution in [2.24, 2.45) is 7.05 Å². The molecular weight excluding hydrogens is 293 g/mol. The van der Waals surface area contributed by atoms with Gasteiger partial charge in [0, 0.05) is 18.0 Å². The van der Waals surface area contributed by atoms with Crippen molar-refractivity contribution in [1.82, 2.24) is 9.55 Å². The van der Waals surface area contributed by atoms with E-state index < -0.39 is 17.4 Å². The van der Waals surface area contributed by atoms with Gasteiger partial charge in [-0.2, -0.15) is 18.2 Å². The molecule has 0 saturated heterocycles. The Labute approximate surface area is 123 Å². The summed E-state index contributed by atoms with van der Waals surface area (Å²) in [5.41, 5.74) is -0.133. The van der Waals surface area contributed by atoms with Crippen LogP contribution in [0.4, 0.5) is 13.2 Å². The van der Waals surface area contributed by atoms with Crippen LogP contribution in [0.2, 0.25) is 0 Å². The van der Waals surface area contributed by atoms with Gasteiger partial charge in [0.05, 0.1) is 16.8 Å². The minimum Gasteiger partial charge on any atom is -0.295 e. The van der Waals surface area contributed by atoms with Crippen LogP contribution in [0.5, 0.6) is 0 Å². The summed E-state index contributed by atoms with van der Waals surface area (Å²) in [4.78, 5) is 15.9. The molecule has 3 aromatic rings. The summed E-state index contributed by atoms with van der Waals surface area (Å²) >= 11 is 0. The van der Waals surface area contributed by atoms with E-state index in [1.807, 2.05) is 0 Å². The number of alkyl halides is 3. The van der Waals surface area contributed by atoms with Gasteiger partial charge in [0.25, 0.3) is 0 Å². The van der Waals surface area contributed by atoms with Crippen LogP contribution in [0.3, 0.4) is 0 Å². The second-order valence-electron chi connectivity index (χ2n) is 4.90. The van der Waals surface area contributed by atoms with Crippen molar-refractivity contribution in [3.05, 3.63) is 64.6 Å². The predicted octanol–water partition coefficient (Wildman–Crippen LogP) is 3.62. The predicted molar refractivity (Wildman–Crippen MR) is 77.4 cm³/mol. The van der Waals surface area contributed by atoms with Gasteiger partial charge in [-0.1, -0.05) is 30.3 Å². The molecule has 3 nitrogen and oxygen atoms in total. The van der Waals surface area contributed by atoms with Gasteiger partial charge in [0.2, 0.25) is 0 Å². The molecule has 0 bridgehead atoms. The number of aromatic nitrogens is 2. The maximum Gasteiger partial charge on any atom is 0.416 e. The lowest BCUT2D eigenvalue weighted by atomic mass is 10.0. The largest absolute Gasteiger partial charge is 0.416 e. The molecule has 22 heavy (non-hydrogen) atoms. The molecule has 0 unspecified atom stereocenters. The quantitative estimate of drug-likeness (QED) is 0.688. The average Bonchev–Trinajstić information content (AvgIpc) is 2.50. The van der Waals surface area contributed by atoms with Gasteiger partial charge in [0.1, 0.15) is 0 Å². The van der Waals surface area contributed by atoms with Crippen molar-refractivity contribution in [3.63, 3.8) is 0 Å². The highest BCUT2D eigenvalue weighted by atomic mass is 19.4. The molecule has 0 fully saturated rings. The third kappa shape index (κ3) is 2.36. The maximum absolute atomic E-state index is 12.9. The highest BCUT2D eigenvalue weighted by molar-refractivity contribution is 5.92. The van der Waals surface area contributed by atoms with Crippen molar-refractivity contribution in [3.8, 4) is 11.3 Å². The first-order chi connectivity index (χ1) is 10.4. The molecule has 0 aliphatic heterocycles. The smallest absolute Gasteiger partial charge is 0.295 e. The Morgan fingerprint density at radius 1 is 1.05 bits per heavy atom. The second-order valence-corrected chi connectivity index (χ2v) is 4.90. The molecule has 0 aliphatic rings. The fraction of sp³-hybridized carbons (Fsp3) is 0.125. The van der Waals surface area contributed by atoms with Gasteiger partial charge in [-0.3, -0.25) is 4.57 Å². The minimum absolute atomic E-state index is 0.254. The molecule has 6 heteroatoms. The highest BCUT2D eigenvalue weighted by Crippen LogP contribution is 2.33. The molecule has 1 heterocycles. The van der Waals surface area contributed by atoms with E-state index in [1.165, 1.54) is 16.7 Å². The Morgan fingerprint density at radius 2 is 1.77 bits per heavy atom. The van der Waals surface area contributed by atoms with Gasteiger partial charge in [-0.15, -0.1) is 0 Å². The fourth-order valence-corrected chi connectivity index (χ4v) is 2.36. The monoisotopic (exact) mass is 304 g/mol. The van der Waals surface area contributed by atoms with Crippen LogP contribution >= 0.6 is 0 Å². The zero-order chi connectivity index (χ0) is 15.9. The summed E-state index contributed by atoms with van der Waals surface area (Å²) in [6.45, 7) is 0. The van der Waals surface area contributed by atoms with Crippen molar-refractivity contribution < 1.29 is 13.2 Å². The van der Waals surface area contributed by atoms with Crippen molar-refractivity contribution in [2.45, 2.75) is 6.18 Å². The number of hydrogen-bond donors (Lipinski definition) is 0. The Kier molecular flexibility index (Phi) is 3.24. The Hall–Kier alpha value is -2.63. The molecule has 0 aliphatic carbocycles. The lowest BCUT2D eigenvalue weighted by molar-refractivity contribution is -0.137. The van der Waals surface area contributed by atoms with E-state index in [9.17, 15) is 18.0 Å². The first-order valence-corrected chi connectivity index (χ1v) is 6.51. The van der Waals surface area contributed by atoms with E-state index in [0.29, 0.717) is 10.9 Å². The number of benzene rings is 2. The number of aryl methyl sites for hydroxylation is 1. The fourth-order valence-electron chi connectivity index (χ4n) is 2.36. The van der Waals surface area contributed by atoms with Crippen molar-refractivity contribution >= 4 is 10.9 Å². The first kappa shape index (κ1) is 14.3. The van der Waals surface area contributed by atoms with Crippen LogP contribution < -0.4 is 5.69 Å². The second kappa shape index (κ2) is 4.98. The van der Waals surface area contributed by atoms with E-state index >= 15 is 0 Å². The third-order valence-electron chi connectivity index (χ3n) is 3.48. The van der Waals surface area contributed by atoms with Crippen LogP contribution in [0, 0.1) is 0 Å². The van der Waals surface area contributed by atoms with Crippen LogP contribution in [0.1, 0.15) is 5.56 Å². The average molecular weight is 304 g/mol. The highest BCUT2D eigenvalue weighted by Gasteiger charge is 2.30. The molecule has 0 saturated carbocycles. The Bertz CT molecular complexity index is 913. The van der Waals surface area contributed by atoms with Crippen LogP contribution in [-0.2, 0) is 13.2 Å². The third-order valence-corrected chi connectivity index (χ3v) is 3.48. The molecule has 0 N–H and O–H groups in total. The lowest BCUT2D eigenvalue weighted by Crippen LogP contribution is -2.21. The molecule has 3 rings (SSSR count). The molecular formula is C16H11F3N2O. The summed E-state index contributed by atoms with van der Waals surface area (Å²) in [6, 6.07) is 11.8. The molecule has 0 amide bonds. The molecule has 0 radical (unpaired) electrons. The molecule has 1 aromatic heterocycles. The van der Waals surface area contributed by atoms with Gasteiger partial charge in [0.15, 0.2) is 0 Å². The number of para-hydroxylation sites is 1. The van der Waals surface area contributed by atoms with E-state index in [2.05, 4.69) is 4.98 Å². The topological polar surface area (TPSA) is 34.9 Å². The molecule has 0 atom stereocenters. The number of nitrogens with zero attached hydrogens (tertiary/aromatic N) is 2. The first-order valence-electron chi connectivity index (χ1n) is 6.51. The number of fused-ring (bicyclic) bond motifs is 1. The zero-order valence-electron chi connectivity index (χ0n) is 11.6. The minimum atomic E-state index is -4.44. The Balaban J connectivity index is 2.32. The molecule has 2 aromatic carbocycles. The summed E-state index contributed by atoms with van der Waals surface area (Å²) in [6.07, 6.45) is -4.44. The summed E-state index contributed by atoms with van der Waals surface area (Å²) in [5.74, 6) is 0. The standard InChI is InChI=1S/C16H11F3N2O/c1-21-13-8-3-2-7-12(13)14(20-15(21)22)10-5-4-6-11(9-10)16(17,18)19/h2-9H,1H3. The van der Waals surface area contributed by atoms with Crippen LogP contribution in [0.25, 0.3) is 22.2 Å². The van der Waals surface area contributed by atoms with Crippen LogP contribution in [-0.4, -0.2) is 9.55 Å². The van der Waals surface area contributed by atoms with Crippen molar-refractivity contribution in [1.29, 1.82) is 0 Å². The number of hydrogen-bond acceptors (Lipinski definition) is 2. The molecule has 112 valence electrons. The van der Waals surface area contributed by atoms with E-state index in [4.69, 9.17) is 0 Å². The normalized spacial score (nSPS) is 11.8. The van der Waals surface area contributed by atoms with E-state index in [0.717, 1.165) is 12.1 Å². The lowest BCUT2D eigenvalue weighted by Gasteiger charge is -2.11.